The second-order valence-electron chi connectivity index (χ2n) is 2.83. The molecule has 0 fully saturated rings. The van der Waals surface area contributed by atoms with Gasteiger partial charge in [-0.3, -0.25) is 0 Å². The molecule has 4 heteroatoms. The summed E-state index contributed by atoms with van der Waals surface area (Å²) < 4.78 is 4.86. The Morgan fingerprint density at radius 2 is 2.08 bits per heavy atom. The second kappa shape index (κ2) is 3.60. The third-order valence-electron chi connectivity index (χ3n) is 1.61. The quantitative estimate of drug-likeness (QED) is 0.706. The van der Waals surface area contributed by atoms with Crippen LogP contribution in [0, 0.1) is 0 Å². The van der Waals surface area contributed by atoms with Crippen molar-refractivity contribution in [3.63, 3.8) is 0 Å². The zero-order valence-electron chi connectivity index (χ0n) is 7.19. The van der Waals surface area contributed by atoms with Gasteiger partial charge < -0.3 is 9.84 Å². The minimum Gasteiger partial charge on any atom is -0.383 e. The summed E-state index contributed by atoms with van der Waals surface area (Å²) in [5, 5.41) is 9.78. The van der Waals surface area contributed by atoms with Crippen LogP contribution in [0.5, 0.6) is 0 Å². The molecular weight excluding hydrogens is 156 g/mol. The number of methoxy groups -OCH3 is 1. The lowest BCUT2D eigenvalue weighted by molar-refractivity contribution is -0.0212. The molecule has 1 aromatic rings. The average molecular weight is 168 g/mol. The molecule has 0 aliphatic carbocycles. The van der Waals surface area contributed by atoms with Gasteiger partial charge in [-0.05, 0) is 6.92 Å². The molecule has 0 amide bonds. The maximum Gasteiger partial charge on any atom is 0.115 e. The van der Waals surface area contributed by atoms with E-state index in [1.54, 1.807) is 19.3 Å². The van der Waals surface area contributed by atoms with E-state index in [-0.39, 0.29) is 6.61 Å². The van der Waals surface area contributed by atoms with E-state index < -0.39 is 5.60 Å². The first-order valence-electron chi connectivity index (χ1n) is 3.63. The summed E-state index contributed by atoms with van der Waals surface area (Å²) in [5.41, 5.74) is -0.345. The molecule has 1 rings (SSSR count). The highest BCUT2D eigenvalue weighted by atomic mass is 16.5. The van der Waals surface area contributed by atoms with Gasteiger partial charge in [0.05, 0.1) is 6.61 Å². The summed E-state index contributed by atoms with van der Waals surface area (Å²) in [4.78, 5) is 7.61. The molecule has 4 nitrogen and oxygen atoms in total. The van der Waals surface area contributed by atoms with Crippen LogP contribution in [0.3, 0.4) is 0 Å². The predicted molar refractivity (Wildman–Crippen MR) is 43.5 cm³/mol. The highest BCUT2D eigenvalue weighted by Crippen LogP contribution is 2.17. The Morgan fingerprint density at radius 1 is 1.50 bits per heavy atom. The van der Waals surface area contributed by atoms with Crippen molar-refractivity contribution in [2.75, 3.05) is 13.7 Å². The Kier molecular flexibility index (Phi) is 2.73. The summed E-state index contributed by atoms with van der Waals surface area (Å²) in [5.74, 6) is 0. The molecule has 1 aromatic heterocycles. The van der Waals surface area contributed by atoms with Crippen LogP contribution < -0.4 is 0 Å². The van der Waals surface area contributed by atoms with Crippen molar-refractivity contribution in [2.45, 2.75) is 12.5 Å². The molecule has 66 valence electrons. The van der Waals surface area contributed by atoms with E-state index >= 15 is 0 Å². The minimum absolute atomic E-state index is 0.236. The Balaban J connectivity index is 2.82. The lowest BCUT2D eigenvalue weighted by Crippen LogP contribution is -2.27. The van der Waals surface area contributed by atoms with Gasteiger partial charge in [-0.2, -0.15) is 0 Å². The molecule has 1 atom stereocenters. The number of aliphatic hydroxyl groups is 1. The lowest BCUT2D eigenvalue weighted by atomic mass is 10.0. The molecule has 0 bridgehead atoms. The van der Waals surface area contributed by atoms with Crippen molar-refractivity contribution in [1.29, 1.82) is 0 Å². The fourth-order valence-electron chi connectivity index (χ4n) is 0.942. The minimum atomic E-state index is -1.00. The van der Waals surface area contributed by atoms with Gasteiger partial charge in [-0.1, -0.05) is 0 Å². The Labute approximate surface area is 71.2 Å². The summed E-state index contributed by atoms with van der Waals surface area (Å²) in [7, 11) is 1.54. The second-order valence-corrected chi connectivity index (χ2v) is 2.83. The van der Waals surface area contributed by atoms with E-state index in [0.717, 1.165) is 0 Å². The van der Waals surface area contributed by atoms with Gasteiger partial charge in [0.25, 0.3) is 0 Å². The molecule has 0 aliphatic heterocycles. The smallest absolute Gasteiger partial charge is 0.115 e. The van der Waals surface area contributed by atoms with E-state index in [2.05, 4.69) is 9.97 Å². The molecule has 0 radical (unpaired) electrons. The Bertz CT molecular complexity index is 236. The molecule has 1 N–H and O–H groups in total. The zero-order chi connectivity index (χ0) is 9.03. The van der Waals surface area contributed by atoms with Gasteiger partial charge in [-0.15, -0.1) is 0 Å². The number of rotatable bonds is 3. The number of hydrogen-bond acceptors (Lipinski definition) is 4. The largest absolute Gasteiger partial charge is 0.383 e. The molecule has 12 heavy (non-hydrogen) atoms. The van der Waals surface area contributed by atoms with Crippen molar-refractivity contribution in [2.24, 2.45) is 0 Å². The summed E-state index contributed by atoms with van der Waals surface area (Å²) in [6.07, 6.45) is 4.57. The van der Waals surface area contributed by atoms with E-state index in [1.165, 1.54) is 13.4 Å². The van der Waals surface area contributed by atoms with E-state index in [0.29, 0.717) is 5.56 Å². The molecule has 0 saturated carbocycles. The molecule has 0 aromatic carbocycles. The molecule has 0 saturated heterocycles. The maximum absolute atomic E-state index is 9.78. The van der Waals surface area contributed by atoms with Crippen molar-refractivity contribution >= 4 is 0 Å². The van der Waals surface area contributed by atoms with Gasteiger partial charge in [0.15, 0.2) is 0 Å². The van der Waals surface area contributed by atoms with Crippen LogP contribution in [0.1, 0.15) is 12.5 Å². The Morgan fingerprint density at radius 3 is 2.58 bits per heavy atom. The van der Waals surface area contributed by atoms with Crippen LogP contribution in [0.15, 0.2) is 18.7 Å². The van der Waals surface area contributed by atoms with Crippen molar-refractivity contribution in [1.82, 2.24) is 9.97 Å². The van der Waals surface area contributed by atoms with Gasteiger partial charge >= 0.3 is 0 Å². The van der Waals surface area contributed by atoms with Crippen molar-refractivity contribution < 1.29 is 9.84 Å². The SMILES string of the molecule is COCC(C)(O)c1cncnc1. The van der Waals surface area contributed by atoms with Crippen LogP contribution in [-0.4, -0.2) is 28.8 Å². The number of ether oxygens (including phenoxy) is 1. The Hall–Kier alpha value is -1.00. The fourth-order valence-corrected chi connectivity index (χ4v) is 0.942. The zero-order valence-corrected chi connectivity index (χ0v) is 7.19. The van der Waals surface area contributed by atoms with E-state index in [4.69, 9.17) is 4.74 Å². The first-order valence-corrected chi connectivity index (χ1v) is 3.63. The van der Waals surface area contributed by atoms with Gasteiger partial charge in [-0.25, -0.2) is 9.97 Å². The van der Waals surface area contributed by atoms with E-state index in [9.17, 15) is 5.11 Å². The summed E-state index contributed by atoms with van der Waals surface area (Å²) >= 11 is 0. The predicted octanol–water partition coefficient (Wildman–Crippen LogP) is 0.331. The van der Waals surface area contributed by atoms with Gasteiger partial charge in [0.2, 0.25) is 0 Å². The average Bonchev–Trinajstić information content (AvgIpc) is 2.06. The molecule has 0 aliphatic rings. The summed E-state index contributed by atoms with van der Waals surface area (Å²) in [6.45, 7) is 1.90. The number of aromatic nitrogens is 2. The molecule has 1 unspecified atom stereocenters. The van der Waals surface area contributed by atoms with Crippen molar-refractivity contribution in [3.05, 3.63) is 24.3 Å². The van der Waals surface area contributed by atoms with Crippen molar-refractivity contribution in [3.8, 4) is 0 Å². The normalized spacial score (nSPS) is 15.6. The first-order chi connectivity index (χ1) is 5.67. The van der Waals surface area contributed by atoms with Crippen LogP contribution in [0.25, 0.3) is 0 Å². The van der Waals surface area contributed by atoms with Gasteiger partial charge in [0, 0.05) is 25.1 Å². The van der Waals surface area contributed by atoms with E-state index in [1.807, 2.05) is 0 Å². The highest BCUT2D eigenvalue weighted by molar-refractivity contribution is 5.12. The van der Waals surface area contributed by atoms with Crippen LogP contribution in [0.4, 0.5) is 0 Å². The third kappa shape index (κ3) is 1.99. The first kappa shape index (κ1) is 9.09. The standard InChI is InChI=1S/C8H12N2O2/c1-8(11,5-12-2)7-3-9-6-10-4-7/h3-4,6,11H,5H2,1-2H3. The molecular formula is C8H12N2O2. The number of hydrogen-bond donors (Lipinski definition) is 1. The topological polar surface area (TPSA) is 55.2 Å². The maximum atomic E-state index is 9.78. The summed E-state index contributed by atoms with van der Waals surface area (Å²) in [6, 6.07) is 0. The van der Waals surface area contributed by atoms with Crippen LogP contribution in [0.2, 0.25) is 0 Å². The van der Waals surface area contributed by atoms with Crippen LogP contribution in [-0.2, 0) is 10.3 Å². The van der Waals surface area contributed by atoms with Crippen LogP contribution >= 0.6 is 0 Å². The fraction of sp³-hybridized carbons (Fsp3) is 0.500. The molecule has 1 heterocycles. The monoisotopic (exact) mass is 168 g/mol. The lowest BCUT2D eigenvalue weighted by Gasteiger charge is -2.21. The van der Waals surface area contributed by atoms with Gasteiger partial charge in [0.1, 0.15) is 11.9 Å². The highest BCUT2D eigenvalue weighted by Gasteiger charge is 2.23. The number of nitrogens with zero attached hydrogens (tertiary/aromatic N) is 2. The third-order valence-corrected chi connectivity index (χ3v) is 1.61. The molecule has 0 spiro atoms.